The van der Waals surface area contributed by atoms with E-state index < -0.39 is 5.54 Å². The summed E-state index contributed by atoms with van der Waals surface area (Å²) in [7, 11) is 0. The van der Waals surface area contributed by atoms with Gasteiger partial charge in [-0.1, -0.05) is 54.9 Å². The van der Waals surface area contributed by atoms with Gasteiger partial charge in [-0.2, -0.15) is 0 Å². The second kappa shape index (κ2) is 9.37. The molecule has 0 aliphatic carbocycles. The van der Waals surface area contributed by atoms with Gasteiger partial charge in [0.05, 0.1) is 31.0 Å². The van der Waals surface area contributed by atoms with Crippen LogP contribution in [0.3, 0.4) is 0 Å². The van der Waals surface area contributed by atoms with Gasteiger partial charge < -0.3 is 10.6 Å². The molecule has 1 aromatic carbocycles. The Kier molecular flexibility index (Phi) is 7.09. The van der Waals surface area contributed by atoms with Crippen molar-refractivity contribution in [3.05, 3.63) is 58.3 Å². The quantitative estimate of drug-likeness (QED) is 0.470. The van der Waals surface area contributed by atoms with Crippen LogP contribution in [0.5, 0.6) is 0 Å². The zero-order valence-electron chi connectivity index (χ0n) is 16.7. The van der Waals surface area contributed by atoms with Crippen molar-refractivity contribution in [2.24, 2.45) is 21.6 Å². The van der Waals surface area contributed by atoms with Gasteiger partial charge in [-0.05, 0) is 43.2 Å². The summed E-state index contributed by atoms with van der Waals surface area (Å²) in [6, 6.07) is 11.5. The molecule has 0 radical (unpaired) electrons. The Morgan fingerprint density at radius 2 is 2.00 bits per heavy atom. The average molecular weight is 450 g/mol. The zero-order chi connectivity index (χ0) is 21.0. The number of aromatic nitrogens is 1. The van der Waals surface area contributed by atoms with Crippen LogP contribution in [-0.2, 0) is 6.54 Å². The topological polar surface area (TPSA) is 66.9 Å². The summed E-state index contributed by atoms with van der Waals surface area (Å²) < 4.78 is 0. The number of nitrogens with zero attached hydrogens (tertiary/aromatic N) is 4. The molecule has 1 aliphatic heterocycles. The Morgan fingerprint density at radius 1 is 1.28 bits per heavy atom. The van der Waals surface area contributed by atoms with Crippen LogP contribution < -0.4 is 5.73 Å². The van der Waals surface area contributed by atoms with Crippen LogP contribution in [0, 0.1) is 5.92 Å². The van der Waals surface area contributed by atoms with Gasteiger partial charge >= 0.3 is 0 Å². The first kappa shape index (κ1) is 21.9. The van der Waals surface area contributed by atoms with E-state index in [9.17, 15) is 0 Å². The summed E-state index contributed by atoms with van der Waals surface area (Å²) in [6.45, 7) is 7.30. The molecule has 1 aliphatic rings. The first-order chi connectivity index (χ1) is 13.8. The number of thioether (sulfide) groups is 1. The Labute approximate surface area is 186 Å². The van der Waals surface area contributed by atoms with Crippen LogP contribution in [0.15, 0.2) is 57.5 Å². The van der Waals surface area contributed by atoms with E-state index in [0.717, 1.165) is 10.6 Å². The minimum absolute atomic E-state index is 0.0119. The number of amidine groups is 1. The van der Waals surface area contributed by atoms with Crippen LogP contribution in [0.1, 0.15) is 26.5 Å². The third-order valence-electron chi connectivity index (χ3n) is 4.91. The predicted octanol–water partition coefficient (Wildman–Crippen LogP) is 5.12. The van der Waals surface area contributed by atoms with Crippen molar-refractivity contribution in [2.45, 2.75) is 43.1 Å². The van der Waals surface area contributed by atoms with E-state index in [2.05, 4.69) is 28.7 Å². The number of halogens is 2. The highest BCUT2D eigenvalue weighted by molar-refractivity contribution is 8.00. The molecule has 3 rings (SSSR count). The molecule has 0 amide bonds. The Morgan fingerprint density at radius 3 is 2.59 bits per heavy atom. The zero-order valence-corrected chi connectivity index (χ0v) is 19.0. The lowest BCUT2D eigenvalue weighted by Crippen LogP contribution is -2.49. The Balaban J connectivity index is 1.98. The number of aliphatic imine (C=N–C) groups is 2. The van der Waals surface area contributed by atoms with Crippen molar-refractivity contribution < 1.29 is 0 Å². The smallest absolute Gasteiger partial charge is 0.114 e. The minimum atomic E-state index is -0.436. The molecule has 2 atom stereocenters. The summed E-state index contributed by atoms with van der Waals surface area (Å²) in [5.74, 6) is 0.792. The average Bonchev–Trinajstić information content (AvgIpc) is 2.99. The highest BCUT2D eigenvalue weighted by atomic mass is 35.5. The maximum absolute atomic E-state index is 6.25. The molecule has 0 saturated carbocycles. The fraction of sp³-hybridized carbons (Fsp3) is 0.381. The van der Waals surface area contributed by atoms with E-state index in [1.165, 1.54) is 0 Å². The first-order valence-corrected chi connectivity index (χ1v) is 11.0. The van der Waals surface area contributed by atoms with E-state index in [-0.39, 0.29) is 11.3 Å². The van der Waals surface area contributed by atoms with Gasteiger partial charge in [0.15, 0.2) is 0 Å². The van der Waals surface area contributed by atoms with Crippen molar-refractivity contribution in [1.29, 1.82) is 0 Å². The molecule has 1 aromatic heterocycles. The maximum Gasteiger partial charge on any atom is 0.114 e. The molecule has 0 fully saturated rings. The van der Waals surface area contributed by atoms with Gasteiger partial charge in [0.2, 0.25) is 0 Å². The van der Waals surface area contributed by atoms with E-state index in [0.29, 0.717) is 29.0 Å². The second-order valence-electron chi connectivity index (χ2n) is 7.42. The van der Waals surface area contributed by atoms with Crippen LogP contribution in [0.2, 0.25) is 10.0 Å². The lowest BCUT2D eigenvalue weighted by atomic mass is 9.87. The largest absolute Gasteiger partial charge is 0.388 e. The van der Waals surface area contributed by atoms with E-state index in [1.807, 2.05) is 36.7 Å². The van der Waals surface area contributed by atoms with E-state index >= 15 is 0 Å². The van der Waals surface area contributed by atoms with Crippen LogP contribution in [0.25, 0.3) is 0 Å². The third-order valence-corrected chi connectivity index (χ3v) is 6.76. The summed E-state index contributed by atoms with van der Waals surface area (Å²) in [5, 5.41) is 1.21. The molecule has 2 heterocycles. The molecule has 2 aromatic rings. The molecule has 0 bridgehead atoms. The van der Waals surface area contributed by atoms with Gasteiger partial charge in [0.25, 0.3) is 0 Å². The van der Waals surface area contributed by atoms with Crippen LogP contribution in [0.4, 0.5) is 0 Å². The molecule has 2 N–H and O–H groups in total. The number of hydrogen-bond acceptors (Lipinski definition) is 5. The number of hydrogen-bond donors (Lipinski definition) is 1. The minimum Gasteiger partial charge on any atom is -0.388 e. The molecule has 0 saturated heterocycles. The molecule has 29 heavy (non-hydrogen) atoms. The predicted molar refractivity (Wildman–Crippen MR) is 124 cm³/mol. The number of benzene rings is 1. The van der Waals surface area contributed by atoms with E-state index in [4.69, 9.17) is 33.9 Å². The van der Waals surface area contributed by atoms with Gasteiger partial charge in [0, 0.05) is 21.1 Å². The highest BCUT2D eigenvalue weighted by Gasteiger charge is 2.48. The lowest BCUT2D eigenvalue weighted by Gasteiger charge is -2.38. The second-order valence-corrected chi connectivity index (χ2v) is 9.44. The Hall–Kier alpha value is -1.76. The summed E-state index contributed by atoms with van der Waals surface area (Å²) >= 11 is 14.2. The molecule has 2 unspecified atom stereocenters. The molecule has 0 spiro atoms. The maximum atomic E-state index is 6.25. The normalized spacial score (nSPS) is 21.9. The SMILES string of the molecule is CC(N)=NCC1(C(C)C)N=CN(Cc2ccccn2)C1Sc1cc(Cl)cc(Cl)c1. The number of nitrogens with two attached hydrogens (primary N) is 1. The van der Waals surface area contributed by atoms with Crippen molar-refractivity contribution in [2.75, 3.05) is 6.54 Å². The third kappa shape index (κ3) is 5.24. The molecule has 8 heteroatoms. The lowest BCUT2D eigenvalue weighted by molar-refractivity contribution is 0.248. The summed E-state index contributed by atoms with van der Waals surface area (Å²) in [5.41, 5.74) is 6.40. The molecular formula is C21H25Cl2N5S. The first-order valence-electron chi connectivity index (χ1n) is 9.40. The van der Waals surface area contributed by atoms with Gasteiger partial charge in [0.1, 0.15) is 10.9 Å². The monoisotopic (exact) mass is 449 g/mol. The van der Waals surface area contributed by atoms with Gasteiger partial charge in [-0.25, -0.2) is 0 Å². The number of pyridine rings is 1. The molecule has 154 valence electrons. The van der Waals surface area contributed by atoms with Crippen molar-refractivity contribution in [3.63, 3.8) is 0 Å². The fourth-order valence-corrected chi connectivity index (χ4v) is 5.46. The summed E-state index contributed by atoms with van der Waals surface area (Å²) in [4.78, 5) is 17.2. The van der Waals surface area contributed by atoms with Gasteiger partial charge in [-0.15, -0.1) is 0 Å². The highest BCUT2D eigenvalue weighted by Crippen LogP contribution is 2.44. The fourth-order valence-electron chi connectivity index (χ4n) is 3.28. The standard InChI is InChI=1S/C21H25Cl2N5S/c1-14(2)21(12-26-15(3)24)20(29-19-9-16(22)8-17(23)10-19)28(13-27-21)11-18-6-4-5-7-25-18/h4-10,13-14,20H,11-12H2,1-3H3,(H2,24,26). The summed E-state index contributed by atoms with van der Waals surface area (Å²) in [6.07, 6.45) is 3.72. The van der Waals surface area contributed by atoms with Crippen molar-refractivity contribution in [1.82, 2.24) is 9.88 Å². The van der Waals surface area contributed by atoms with Crippen LogP contribution >= 0.6 is 35.0 Å². The van der Waals surface area contributed by atoms with E-state index in [1.54, 1.807) is 30.9 Å². The number of rotatable bonds is 7. The van der Waals surface area contributed by atoms with Crippen molar-refractivity contribution >= 4 is 47.1 Å². The molecular weight excluding hydrogens is 425 g/mol. The van der Waals surface area contributed by atoms with Crippen LogP contribution in [-0.4, -0.2) is 39.5 Å². The van der Waals surface area contributed by atoms with Crippen molar-refractivity contribution in [3.8, 4) is 0 Å². The van der Waals surface area contributed by atoms with Gasteiger partial charge in [-0.3, -0.25) is 15.0 Å². The Bertz CT molecular complexity index is 879. The molecule has 5 nitrogen and oxygen atoms in total.